The molecule has 3 aliphatic rings. The Balaban J connectivity index is 1.49. The molecule has 2 amide bonds. The van der Waals surface area contributed by atoms with Gasteiger partial charge in [0, 0.05) is 16.7 Å². The van der Waals surface area contributed by atoms with Gasteiger partial charge in [0.15, 0.2) is 5.79 Å². The molecule has 0 spiro atoms. The predicted molar refractivity (Wildman–Crippen MR) is 120 cm³/mol. The summed E-state index contributed by atoms with van der Waals surface area (Å²) in [5, 5.41) is 23.8. The molecule has 8 heteroatoms. The second-order valence-electron chi connectivity index (χ2n) is 9.10. The first-order chi connectivity index (χ1) is 15.3. The molecular formula is C24H26ClNO5S. The number of nitrogens with zero attached hydrogens (tertiary/aromatic N) is 1. The lowest BCUT2D eigenvalue weighted by molar-refractivity contribution is -0.270. The van der Waals surface area contributed by atoms with Gasteiger partial charge in [0.1, 0.15) is 5.75 Å². The van der Waals surface area contributed by atoms with Crippen LogP contribution in [0.15, 0.2) is 35.7 Å². The van der Waals surface area contributed by atoms with Crippen LogP contribution >= 0.6 is 22.9 Å². The Morgan fingerprint density at radius 1 is 1.25 bits per heavy atom. The van der Waals surface area contributed by atoms with Crippen LogP contribution in [-0.4, -0.2) is 32.7 Å². The summed E-state index contributed by atoms with van der Waals surface area (Å²) in [4.78, 5) is 29.1. The van der Waals surface area contributed by atoms with Crippen molar-refractivity contribution in [2.75, 3.05) is 0 Å². The molecule has 0 radical (unpaired) electrons. The maximum atomic E-state index is 13.5. The summed E-state index contributed by atoms with van der Waals surface area (Å²) < 4.78 is 6.27. The molecule has 32 heavy (non-hydrogen) atoms. The number of benzene rings is 1. The zero-order valence-electron chi connectivity index (χ0n) is 17.7. The van der Waals surface area contributed by atoms with E-state index in [2.05, 4.69) is 0 Å². The molecule has 5 rings (SSSR count). The smallest absolute Gasteiger partial charge is 0.233 e. The van der Waals surface area contributed by atoms with Crippen molar-refractivity contribution >= 4 is 34.8 Å². The van der Waals surface area contributed by atoms with E-state index >= 15 is 0 Å². The highest BCUT2D eigenvalue weighted by atomic mass is 35.5. The summed E-state index contributed by atoms with van der Waals surface area (Å²) in [6.07, 6.45) is 1.87. The number of halogens is 1. The lowest BCUT2D eigenvalue weighted by Crippen LogP contribution is -2.53. The summed E-state index contributed by atoms with van der Waals surface area (Å²) in [5.74, 6) is -3.54. The summed E-state index contributed by atoms with van der Waals surface area (Å²) in [5.41, 5.74) is 0.673. The van der Waals surface area contributed by atoms with Crippen molar-refractivity contribution in [1.29, 1.82) is 0 Å². The first-order valence-corrected chi connectivity index (χ1v) is 12.4. The zero-order valence-corrected chi connectivity index (χ0v) is 19.3. The van der Waals surface area contributed by atoms with Crippen LogP contribution in [0.2, 0.25) is 5.02 Å². The van der Waals surface area contributed by atoms with Gasteiger partial charge >= 0.3 is 0 Å². The molecule has 2 aromatic rings. The number of rotatable bonds is 5. The number of likely N-dealkylation sites (tertiary alicyclic amines) is 1. The Bertz CT molecular complexity index is 1040. The van der Waals surface area contributed by atoms with Crippen LogP contribution < -0.4 is 0 Å². The van der Waals surface area contributed by atoms with Gasteiger partial charge in [-0.05, 0) is 48.4 Å². The van der Waals surface area contributed by atoms with Gasteiger partial charge in [-0.3, -0.25) is 14.5 Å². The molecule has 6 atom stereocenters. The molecule has 1 aromatic heterocycles. The fraction of sp³-hybridized carbons (Fsp3) is 0.500. The molecule has 2 saturated heterocycles. The van der Waals surface area contributed by atoms with Crippen molar-refractivity contribution in [3.05, 3.63) is 51.2 Å². The summed E-state index contributed by atoms with van der Waals surface area (Å²) in [6.45, 7) is 2.32. The Kier molecular flexibility index (Phi) is 5.56. The maximum Gasteiger partial charge on any atom is 0.233 e. The van der Waals surface area contributed by atoms with Gasteiger partial charge in [0.05, 0.1) is 29.5 Å². The molecule has 1 saturated carbocycles. The van der Waals surface area contributed by atoms with Gasteiger partial charge in [-0.25, -0.2) is 0 Å². The monoisotopic (exact) mass is 475 g/mol. The highest BCUT2D eigenvalue weighted by Crippen LogP contribution is 2.59. The van der Waals surface area contributed by atoms with Crippen LogP contribution in [-0.2, 0) is 20.9 Å². The number of ether oxygens (including phenoxy) is 1. The van der Waals surface area contributed by atoms with E-state index in [0.29, 0.717) is 29.8 Å². The number of hydrogen-bond donors (Lipinski definition) is 2. The van der Waals surface area contributed by atoms with Crippen LogP contribution in [0.3, 0.4) is 0 Å². The van der Waals surface area contributed by atoms with Crippen LogP contribution in [0.4, 0.5) is 0 Å². The molecule has 3 heterocycles. The van der Waals surface area contributed by atoms with Crippen molar-refractivity contribution in [1.82, 2.24) is 4.90 Å². The van der Waals surface area contributed by atoms with E-state index in [1.165, 1.54) is 28.4 Å². The van der Waals surface area contributed by atoms with Crippen LogP contribution in [0.1, 0.15) is 49.2 Å². The average Bonchev–Trinajstić information content (AvgIpc) is 3.43. The molecular weight excluding hydrogens is 450 g/mol. The molecule has 2 N–H and O–H groups in total. The highest BCUT2D eigenvalue weighted by Gasteiger charge is 2.66. The Morgan fingerprint density at radius 2 is 2.06 bits per heavy atom. The van der Waals surface area contributed by atoms with Gasteiger partial charge in [-0.15, -0.1) is 11.3 Å². The zero-order chi connectivity index (χ0) is 22.6. The fourth-order valence-electron chi connectivity index (χ4n) is 5.91. The van der Waals surface area contributed by atoms with E-state index in [4.69, 9.17) is 16.3 Å². The molecule has 170 valence electrons. The lowest BCUT2D eigenvalue weighted by atomic mass is 9.63. The first kappa shape index (κ1) is 21.9. The van der Waals surface area contributed by atoms with E-state index < -0.39 is 29.6 Å². The van der Waals surface area contributed by atoms with Gasteiger partial charge in [0.25, 0.3) is 0 Å². The number of amides is 2. The number of hydrogen-bond acceptors (Lipinski definition) is 6. The van der Waals surface area contributed by atoms with E-state index in [-0.39, 0.29) is 30.0 Å². The third-order valence-corrected chi connectivity index (χ3v) is 8.51. The molecule has 6 nitrogen and oxygen atoms in total. The topological polar surface area (TPSA) is 87.1 Å². The van der Waals surface area contributed by atoms with Gasteiger partial charge < -0.3 is 14.9 Å². The summed E-state index contributed by atoms with van der Waals surface area (Å²) >= 11 is 7.89. The normalized spacial score (nSPS) is 34.1. The number of fused-ring (bicyclic) bond motifs is 3. The van der Waals surface area contributed by atoms with Crippen molar-refractivity contribution in [2.24, 2.45) is 23.7 Å². The van der Waals surface area contributed by atoms with Gasteiger partial charge in [-0.2, -0.15) is 0 Å². The van der Waals surface area contributed by atoms with E-state index in [9.17, 15) is 19.8 Å². The largest absolute Gasteiger partial charge is 0.508 e. The van der Waals surface area contributed by atoms with E-state index in [0.717, 1.165) is 11.3 Å². The van der Waals surface area contributed by atoms with Gasteiger partial charge in [0.2, 0.25) is 11.8 Å². The highest BCUT2D eigenvalue weighted by molar-refractivity contribution is 7.09. The Morgan fingerprint density at radius 3 is 2.75 bits per heavy atom. The Hall–Kier alpha value is -1.93. The third kappa shape index (κ3) is 3.37. The lowest BCUT2D eigenvalue weighted by Gasteiger charge is -2.44. The quantitative estimate of drug-likeness (QED) is 0.622. The van der Waals surface area contributed by atoms with Gasteiger partial charge in [-0.1, -0.05) is 37.1 Å². The minimum atomic E-state index is -1.49. The minimum absolute atomic E-state index is 0.0533. The SMILES string of the molecule is CCC[C@H]1C[C@@H]2C(=O)N(Cc3cccs3)C(=O)[C@@H]2[C@@H]2C[C@@H](c3ccc(O)cc3Cl)O[C@]12O. The van der Waals surface area contributed by atoms with E-state index in [1.54, 1.807) is 6.07 Å². The molecule has 0 unspecified atom stereocenters. The number of aromatic hydroxyl groups is 1. The van der Waals surface area contributed by atoms with Crippen molar-refractivity contribution in [3.63, 3.8) is 0 Å². The number of aliphatic hydroxyl groups is 1. The number of carbonyl (C=O) groups is 2. The Labute approximate surface area is 195 Å². The minimum Gasteiger partial charge on any atom is -0.508 e. The number of phenolic OH excluding ortho intramolecular Hbond substituents is 1. The van der Waals surface area contributed by atoms with E-state index in [1.807, 2.05) is 24.4 Å². The predicted octanol–water partition coefficient (Wildman–Crippen LogP) is 4.49. The molecule has 3 fully saturated rings. The van der Waals surface area contributed by atoms with Crippen molar-refractivity contribution in [2.45, 2.75) is 51.0 Å². The maximum absolute atomic E-state index is 13.5. The number of phenols is 1. The fourth-order valence-corrected chi connectivity index (χ4v) is 6.90. The number of imide groups is 1. The average molecular weight is 476 g/mol. The second-order valence-corrected chi connectivity index (χ2v) is 10.5. The van der Waals surface area contributed by atoms with Crippen LogP contribution in [0.5, 0.6) is 5.75 Å². The molecule has 1 aromatic carbocycles. The first-order valence-electron chi connectivity index (χ1n) is 11.1. The standard InChI is InChI=1S/C24H26ClNO5S/c1-2-4-13-9-17-21(23(29)26(22(17)28)12-15-5-3-8-32-15)18-11-20(31-24(13,18)30)16-7-6-14(27)10-19(16)25/h3,5-8,10,13,17-18,20-21,27,30H,2,4,9,11-12H2,1H3/t13-,17-,18-,20-,21-,24+/m0/s1. The van der Waals surface area contributed by atoms with Crippen LogP contribution in [0, 0.1) is 23.7 Å². The second kappa shape index (κ2) is 8.13. The summed E-state index contributed by atoms with van der Waals surface area (Å²) in [7, 11) is 0. The molecule has 0 bridgehead atoms. The third-order valence-electron chi connectivity index (χ3n) is 7.32. The number of thiophene rings is 1. The number of carbonyl (C=O) groups excluding carboxylic acids is 2. The van der Waals surface area contributed by atoms with Crippen LogP contribution in [0.25, 0.3) is 0 Å². The molecule has 1 aliphatic carbocycles. The molecule has 2 aliphatic heterocycles. The summed E-state index contributed by atoms with van der Waals surface area (Å²) in [6, 6.07) is 8.51. The van der Waals surface area contributed by atoms with Crippen molar-refractivity contribution in [3.8, 4) is 5.75 Å². The van der Waals surface area contributed by atoms with Crippen molar-refractivity contribution < 1.29 is 24.5 Å².